The lowest BCUT2D eigenvalue weighted by atomic mass is 10.2. The summed E-state index contributed by atoms with van der Waals surface area (Å²) in [5.74, 6) is 0.923. The quantitative estimate of drug-likeness (QED) is 0.822. The van der Waals surface area contributed by atoms with Gasteiger partial charge in [0.25, 0.3) is 5.91 Å². The first-order valence-electron chi connectivity index (χ1n) is 8.09. The third kappa shape index (κ3) is 3.39. The van der Waals surface area contributed by atoms with Crippen molar-refractivity contribution in [2.24, 2.45) is 0 Å². The number of carbonyl (C=O) groups is 1. The van der Waals surface area contributed by atoms with E-state index in [1.165, 1.54) is 0 Å². The Hall–Kier alpha value is -1.66. The zero-order valence-electron chi connectivity index (χ0n) is 13.2. The Morgan fingerprint density at radius 2 is 1.86 bits per heavy atom. The maximum absolute atomic E-state index is 12.6. The highest BCUT2D eigenvalue weighted by atomic mass is 16.5. The predicted molar refractivity (Wildman–Crippen MR) is 85.3 cm³/mol. The highest BCUT2D eigenvalue weighted by Crippen LogP contribution is 2.15. The number of aromatic nitrogens is 1. The molecule has 1 aromatic heterocycles. The van der Waals surface area contributed by atoms with E-state index in [0.29, 0.717) is 5.69 Å². The summed E-state index contributed by atoms with van der Waals surface area (Å²) in [5.41, 5.74) is 0.550. The van der Waals surface area contributed by atoms with Crippen LogP contribution < -0.4 is 4.90 Å². The third-order valence-electron chi connectivity index (χ3n) is 4.40. The molecule has 2 aliphatic rings. The predicted octanol–water partition coefficient (Wildman–Crippen LogP) is 0.696. The van der Waals surface area contributed by atoms with Crippen LogP contribution >= 0.6 is 0 Å². The number of rotatable bonds is 3. The molecule has 1 aromatic rings. The molecular weight excluding hydrogens is 280 g/mol. The average Bonchev–Trinajstić information content (AvgIpc) is 2.62. The van der Waals surface area contributed by atoms with E-state index in [9.17, 15) is 4.79 Å². The number of anilines is 1. The van der Waals surface area contributed by atoms with Crippen molar-refractivity contribution in [3.8, 4) is 0 Å². The number of ether oxygens (including phenoxy) is 1. The van der Waals surface area contributed by atoms with Crippen LogP contribution in [0.1, 0.15) is 17.4 Å². The molecule has 0 atom stereocenters. The first-order valence-corrected chi connectivity index (χ1v) is 8.09. The van der Waals surface area contributed by atoms with Gasteiger partial charge in [-0.15, -0.1) is 0 Å². The summed E-state index contributed by atoms with van der Waals surface area (Å²) >= 11 is 0. The molecule has 0 aromatic carbocycles. The number of nitrogens with zero attached hydrogens (tertiary/aromatic N) is 4. The van der Waals surface area contributed by atoms with Crippen molar-refractivity contribution in [1.29, 1.82) is 0 Å². The summed E-state index contributed by atoms with van der Waals surface area (Å²) in [7, 11) is 0. The highest BCUT2D eigenvalue weighted by Gasteiger charge is 2.23. The lowest BCUT2D eigenvalue weighted by Crippen LogP contribution is -2.48. The maximum atomic E-state index is 12.6. The molecule has 0 spiro atoms. The number of hydrogen-bond acceptors (Lipinski definition) is 5. The van der Waals surface area contributed by atoms with Crippen molar-refractivity contribution >= 4 is 11.7 Å². The first-order chi connectivity index (χ1) is 10.8. The van der Waals surface area contributed by atoms with Crippen LogP contribution in [0.4, 0.5) is 5.82 Å². The molecule has 0 unspecified atom stereocenters. The minimum atomic E-state index is 0.0471. The fraction of sp³-hybridized carbons (Fsp3) is 0.625. The van der Waals surface area contributed by atoms with Gasteiger partial charge < -0.3 is 19.4 Å². The number of hydrogen-bond donors (Lipinski definition) is 0. The van der Waals surface area contributed by atoms with Gasteiger partial charge in [0.15, 0.2) is 0 Å². The molecule has 1 amide bonds. The van der Waals surface area contributed by atoms with Crippen LogP contribution in [0.3, 0.4) is 0 Å². The number of morpholine rings is 1. The summed E-state index contributed by atoms with van der Waals surface area (Å²) in [6.45, 7) is 9.79. The second kappa shape index (κ2) is 7.07. The molecule has 6 heteroatoms. The minimum absolute atomic E-state index is 0.0471. The van der Waals surface area contributed by atoms with Crippen LogP contribution in [0.5, 0.6) is 0 Å². The van der Waals surface area contributed by atoms with Gasteiger partial charge in [-0.25, -0.2) is 4.98 Å². The number of carbonyl (C=O) groups excluding carboxylic acids is 1. The summed E-state index contributed by atoms with van der Waals surface area (Å²) in [5, 5.41) is 0. The monoisotopic (exact) mass is 304 g/mol. The van der Waals surface area contributed by atoms with Gasteiger partial charge in [-0.2, -0.15) is 0 Å². The van der Waals surface area contributed by atoms with Crippen LogP contribution in [-0.2, 0) is 4.74 Å². The van der Waals surface area contributed by atoms with Crippen molar-refractivity contribution in [1.82, 2.24) is 14.8 Å². The molecule has 2 saturated heterocycles. The Morgan fingerprint density at radius 3 is 2.55 bits per heavy atom. The molecule has 0 N–H and O–H groups in total. The number of piperazine rings is 1. The Bertz CT molecular complexity index is 509. The fourth-order valence-corrected chi connectivity index (χ4v) is 2.94. The second-order valence-corrected chi connectivity index (χ2v) is 5.71. The normalized spacial score (nSPS) is 20.2. The Balaban J connectivity index is 1.67. The Labute approximate surface area is 131 Å². The molecule has 2 fully saturated rings. The zero-order valence-corrected chi connectivity index (χ0v) is 13.2. The van der Waals surface area contributed by atoms with Crippen LogP contribution in [0.15, 0.2) is 18.2 Å². The van der Waals surface area contributed by atoms with Crippen LogP contribution in [0.25, 0.3) is 0 Å². The van der Waals surface area contributed by atoms with E-state index in [1.807, 2.05) is 23.1 Å². The third-order valence-corrected chi connectivity index (χ3v) is 4.40. The molecule has 120 valence electrons. The van der Waals surface area contributed by atoms with Crippen molar-refractivity contribution in [3.63, 3.8) is 0 Å². The van der Waals surface area contributed by atoms with Gasteiger partial charge in [0, 0.05) is 39.3 Å². The average molecular weight is 304 g/mol. The number of amides is 1. The van der Waals surface area contributed by atoms with Crippen molar-refractivity contribution in [3.05, 3.63) is 23.9 Å². The molecule has 2 aliphatic heterocycles. The SMILES string of the molecule is CCN1CCN(C(=O)c2cccc(N3CCOCC3)n2)CC1. The summed E-state index contributed by atoms with van der Waals surface area (Å²) in [4.78, 5) is 23.7. The van der Waals surface area contributed by atoms with E-state index < -0.39 is 0 Å². The molecule has 0 radical (unpaired) electrons. The van der Waals surface area contributed by atoms with E-state index in [0.717, 1.165) is 64.8 Å². The molecular formula is C16H24N4O2. The molecule has 6 nitrogen and oxygen atoms in total. The fourth-order valence-electron chi connectivity index (χ4n) is 2.94. The minimum Gasteiger partial charge on any atom is -0.378 e. The van der Waals surface area contributed by atoms with Crippen LogP contribution in [0.2, 0.25) is 0 Å². The summed E-state index contributed by atoms with van der Waals surface area (Å²) in [6, 6.07) is 5.71. The Morgan fingerprint density at radius 1 is 1.14 bits per heavy atom. The maximum Gasteiger partial charge on any atom is 0.272 e. The van der Waals surface area contributed by atoms with E-state index in [4.69, 9.17) is 4.74 Å². The van der Waals surface area contributed by atoms with Gasteiger partial charge in [-0.3, -0.25) is 4.79 Å². The van der Waals surface area contributed by atoms with Gasteiger partial charge in [0.05, 0.1) is 13.2 Å². The molecule has 3 rings (SSSR count). The van der Waals surface area contributed by atoms with Gasteiger partial charge in [0.1, 0.15) is 11.5 Å². The number of pyridine rings is 1. The largest absolute Gasteiger partial charge is 0.378 e. The lowest BCUT2D eigenvalue weighted by Gasteiger charge is -2.34. The lowest BCUT2D eigenvalue weighted by molar-refractivity contribution is 0.0637. The Kier molecular flexibility index (Phi) is 4.90. The molecule has 0 saturated carbocycles. The van der Waals surface area contributed by atoms with Crippen molar-refractivity contribution in [2.45, 2.75) is 6.92 Å². The standard InChI is InChI=1S/C16H24N4O2/c1-2-18-6-8-20(9-7-18)16(21)14-4-3-5-15(17-14)19-10-12-22-13-11-19/h3-5H,2,6-13H2,1H3. The first kappa shape index (κ1) is 15.2. The number of likely N-dealkylation sites (N-methyl/N-ethyl adjacent to an activating group) is 1. The summed E-state index contributed by atoms with van der Waals surface area (Å²) in [6.07, 6.45) is 0. The zero-order chi connectivity index (χ0) is 15.4. The van der Waals surface area contributed by atoms with Gasteiger partial charge in [-0.05, 0) is 18.7 Å². The van der Waals surface area contributed by atoms with Crippen LogP contribution in [0, 0.1) is 0 Å². The highest BCUT2D eigenvalue weighted by molar-refractivity contribution is 5.92. The van der Waals surface area contributed by atoms with Gasteiger partial charge in [-0.1, -0.05) is 13.0 Å². The van der Waals surface area contributed by atoms with E-state index in [2.05, 4.69) is 21.7 Å². The van der Waals surface area contributed by atoms with Gasteiger partial charge >= 0.3 is 0 Å². The molecule has 22 heavy (non-hydrogen) atoms. The van der Waals surface area contributed by atoms with Crippen molar-refractivity contribution in [2.75, 3.05) is 63.9 Å². The van der Waals surface area contributed by atoms with Gasteiger partial charge in [0.2, 0.25) is 0 Å². The van der Waals surface area contributed by atoms with Crippen molar-refractivity contribution < 1.29 is 9.53 Å². The molecule has 0 aliphatic carbocycles. The summed E-state index contributed by atoms with van der Waals surface area (Å²) < 4.78 is 5.37. The topological polar surface area (TPSA) is 48.9 Å². The van der Waals surface area contributed by atoms with E-state index >= 15 is 0 Å². The smallest absolute Gasteiger partial charge is 0.272 e. The van der Waals surface area contributed by atoms with E-state index in [1.54, 1.807) is 0 Å². The van der Waals surface area contributed by atoms with E-state index in [-0.39, 0.29) is 5.91 Å². The van der Waals surface area contributed by atoms with Crippen LogP contribution in [-0.4, -0.2) is 79.7 Å². The second-order valence-electron chi connectivity index (χ2n) is 5.71. The molecule has 0 bridgehead atoms. The molecule has 3 heterocycles.